The van der Waals surface area contributed by atoms with Gasteiger partial charge in [0, 0.05) is 0 Å². The first-order valence-electron chi connectivity index (χ1n) is 4.32. The van der Waals surface area contributed by atoms with Crippen molar-refractivity contribution in [2.45, 2.75) is 0 Å². The van der Waals surface area contributed by atoms with Crippen LogP contribution < -0.4 is 0 Å². The van der Waals surface area contributed by atoms with E-state index in [1.54, 1.807) is 0 Å². The summed E-state index contributed by atoms with van der Waals surface area (Å²) >= 11 is 0. The summed E-state index contributed by atoms with van der Waals surface area (Å²) in [6, 6.07) is 3.86. The van der Waals surface area contributed by atoms with Gasteiger partial charge >= 0.3 is 84.1 Å². The molecule has 0 saturated carbocycles. The van der Waals surface area contributed by atoms with Crippen LogP contribution in [0.4, 0.5) is 0 Å². The van der Waals surface area contributed by atoms with Gasteiger partial charge in [-0.05, 0) is 0 Å². The van der Waals surface area contributed by atoms with Crippen molar-refractivity contribution < 1.29 is 0 Å². The number of hydrogen-bond donors (Lipinski definition) is 0. The molecule has 0 spiro atoms. The molecule has 0 heterocycles. The Bertz CT molecular complexity index is 764. The molecule has 0 amide bonds. The molecular weight excluding hydrogens is 163 g/mol. The molecule has 0 fully saturated rings. The Labute approximate surface area is 84.5 Å². The zero-order valence-corrected chi connectivity index (χ0v) is 7.46. The van der Waals surface area contributed by atoms with Crippen LogP contribution in [0.1, 0.15) is 0 Å². The summed E-state index contributed by atoms with van der Waals surface area (Å²) in [5, 5.41) is 6.47. The number of fused-ring (bicyclic) bond motifs is 3. The molecule has 4 radical (unpaired) electrons. The molecule has 0 aliphatic rings. The van der Waals surface area contributed by atoms with Crippen LogP contribution in [0.5, 0.6) is 0 Å². The van der Waals surface area contributed by atoms with Gasteiger partial charge in [0.2, 0.25) is 0 Å². The predicted molar refractivity (Wildman–Crippen MR) is 62.2 cm³/mol. The molecule has 4 heteroatoms. The molecule has 0 nitrogen and oxygen atoms in total. The second-order valence-electron chi connectivity index (χ2n) is 3.57. The summed E-state index contributed by atoms with van der Waals surface area (Å²) < 4.78 is 0. The molecule has 3 aromatic carbocycles. The first-order chi connectivity index (χ1) is 6.63. The molecule has 0 N–H and O–H groups in total. The third-order valence-electron chi connectivity index (χ3n) is 2.90. The van der Waals surface area contributed by atoms with E-state index in [1.807, 2.05) is 12.1 Å². The van der Waals surface area contributed by atoms with Crippen LogP contribution in [0.15, 0.2) is 12.1 Å². The van der Waals surface area contributed by atoms with E-state index < -0.39 is 0 Å². The fourth-order valence-electron chi connectivity index (χ4n) is 2.05. The number of rotatable bonds is 0. The molecule has 3 rings (SSSR count). The van der Waals surface area contributed by atoms with Crippen LogP contribution in [0.2, 0.25) is 0 Å². The quantitative estimate of drug-likeness (QED) is 0.427. The molecule has 0 atom stereocenters. The van der Waals surface area contributed by atoms with Crippen molar-refractivity contribution in [2.24, 2.45) is 0 Å². The van der Waals surface area contributed by atoms with E-state index >= 15 is 0 Å². The van der Waals surface area contributed by atoms with Crippen molar-refractivity contribution in [3.05, 3.63) is 32.6 Å². The molecule has 0 aliphatic carbocycles. The summed E-state index contributed by atoms with van der Waals surface area (Å²) in [4.78, 5) is 0. The maximum atomic E-state index is 5.78. The number of benzene rings is 1. The van der Waals surface area contributed by atoms with Crippen molar-refractivity contribution in [1.29, 1.82) is 0 Å². The average molecular weight is 165 g/mol. The van der Waals surface area contributed by atoms with Crippen LogP contribution in [0.3, 0.4) is 0 Å². The molecule has 0 unspecified atom stereocenters. The van der Waals surface area contributed by atoms with Crippen molar-refractivity contribution in [2.75, 3.05) is 0 Å². The Morgan fingerprint density at radius 1 is 0.571 bits per heavy atom. The first kappa shape index (κ1) is 8.28. The maximum absolute atomic E-state index is 5.78. The van der Waals surface area contributed by atoms with E-state index in [-0.39, 0.29) is 0 Å². The van der Waals surface area contributed by atoms with Crippen molar-refractivity contribution in [3.8, 4) is 0 Å². The van der Waals surface area contributed by atoms with Crippen molar-refractivity contribution >= 4 is 51.5 Å². The summed E-state index contributed by atoms with van der Waals surface area (Å²) in [6.07, 6.45) is 0. The zero-order valence-electron chi connectivity index (χ0n) is 7.46. The topological polar surface area (TPSA) is 0 Å². The molecule has 54 valence electrons. The van der Waals surface area contributed by atoms with Gasteiger partial charge in [-0.2, -0.15) is 0 Å². The Balaban J connectivity index is 2.80. The Morgan fingerprint density at radius 3 is 1.29 bits per heavy atom. The van der Waals surface area contributed by atoms with Gasteiger partial charge in [0.1, 0.15) is 0 Å². The normalized spacial score (nSPS) is 11.7. The van der Waals surface area contributed by atoms with Crippen molar-refractivity contribution in [1.82, 2.24) is 0 Å². The van der Waals surface area contributed by atoms with Gasteiger partial charge in [0.25, 0.3) is 0 Å². The molecule has 0 bridgehead atoms. The third kappa shape index (κ3) is 0.681. The van der Waals surface area contributed by atoms with E-state index in [0.29, 0.717) is 20.4 Å². The van der Waals surface area contributed by atoms with Gasteiger partial charge in [0.05, 0.1) is 0 Å². The fraction of sp³-hybridized carbons (Fsp3) is 0. The predicted octanol–water partition coefficient (Wildman–Crippen LogP) is 0.546. The van der Waals surface area contributed by atoms with E-state index in [2.05, 4.69) is 0 Å². The summed E-state index contributed by atoms with van der Waals surface area (Å²) in [6.45, 7) is 0. The average Bonchev–Trinajstić information content (AvgIpc) is 2.24. The molecular formula is C10H2B4. The minimum absolute atomic E-state index is 0.632. The Hall–Kier alpha value is -1.04. The van der Waals surface area contributed by atoms with Gasteiger partial charge in [-0.1, -0.05) is 0 Å². The summed E-state index contributed by atoms with van der Waals surface area (Å²) in [7, 11) is 23.0. The summed E-state index contributed by atoms with van der Waals surface area (Å²) in [5.41, 5.74) is 0. The van der Waals surface area contributed by atoms with Gasteiger partial charge in [0.15, 0.2) is 0 Å². The van der Waals surface area contributed by atoms with Crippen molar-refractivity contribution in [3.63, 3.8) is 0 Å². The fourth-order valence-corrected chi connectivity index (χ4v) is 2.05. The molecule has 3 aromatic rings. The molecule has 14 heavy (non-hydrogen) atoms. The zero-order chi connectivity index (χ0) is 10.0. The van der Waals surface area contributed by atoms with E-state index in [4.69, 9.17) is 30.0 Å². The SMILES string of the molecule is [B]=c1c(=[B])c2c1ccc1c(=[B])c(=[B])c12. The minimum atomic E-state index is 0.632. The van der Waals surface area contributed by atoms with Crippen LogP contribution in [0.25, 0.3) is 21.5 Å². The molecule has 0 aliphatic heterocycles. The molecule has 0 saturated heterocycles. The van der Waals surface area contributed by atoms with Crippen LogP contribution in [-0.2, 0) is 0 Å². The van der Waals surface area contributed by atoms with E-state index in [9.17, 15) is 0 Å². The third-order valence-corrected chi connectivity index (χ3v) is 2.90. The first-order valence-corrected chi connectivity index (χ1v) is 4.32. The van der Waals surface area contributed by atoms with Gasteiger partial charge in [-0.3, -0.25) is 0 Å². The monoisotopic (exact) mass is 166 g/mol. The standard InChI is InChI=1S/C10H2B4/c11-7-3-1-2-4-6(5(3)9(7)13)10(14)8(4)12/h1-2H. The second-order valence-corrected chi connectivity index (χ2v) is 3.57. The van der Waals surface area contributed by atoms with Crippen LogP contribution >= 0.6 is 0 Å². The Kier molecular flexibility index (Phi) is 1.36. The van der Waals surface area contributed by atoms with E-state index in [0.717, 1.165) is 21.5 Å². The molecule has 0 aromatic heterocycles. The van der Waals surface area contributed by atoms with Gasteiger partial charge in [-0.25, -0.2) is 0 Å². The number of hydrogen-bond acceptors (Lipinski definition) is 0. The van der Waals surface area contributed by atoms with Gasteiger partial charge < -0.3 is 0 Å². The Morgan fingerprint density at radius 2 is 0.929 bits per heavy atom. The summed E-state index contributed by atoms with van der Waals surface area (Å²) in [5.74, 6) is 0. The van der Waals surface area contributed by atoms with Gasteiger partial charge in [-0.15, -0.1) is 0 Å². The second kappa shape index (κ2) is 2.31. The van der Waals surface area contributed by atoms with Crippen LogP contribution in [0, 0.1) is 20.4 Å². The van der Waals surface area contributed by atoms with Crippen LogP contribution in [-0.4, -0.2) is 30.0 Å². The van der Waals surface area contributed by atoms with E-state index in [1.165, 1.54) is 0 Å².